The van der Waals surface area contributed by atoms with Crippen LogP contribution in [0.3, 0.4) is 0 Å². The highest BCUT2D eigenvalue weighted by atomic mass is 35.5. The van der Waals surface area contributed by atoms with Crippen LogP contribution in [0.1, 0.15) is 24.2 Å². The van der Waals surface area contributed by atoms with Crippen LogP contribution in [0.5, 0.6) is 0 Å². The first-order chi connectivity index (χ1) is 13.2. The number of amides is 1. The van der Waals surface area contributed by atoms with Crippen LogP contribution in [0.25, 0.3) is 0 Å². The van der Waals surface area contributed by atoms with Gasteiger partial charge in [0, 0.05) is 30.7 Å². The number of rotatable bonds is 4. The van der Waals surface area contributed by atoms with Crippen LogP contribution >= 0.6 is 11.6 Å². The summed E-state index contributed by atoms with van der Waals surface area (Å²) in [7, 11) is -2.38. The van der Waals surface area contributed by atoms with Crippen molar-refractivity contribution in [2.24, 2.45) is 0 Å². The zero-order valence-corrected chi connectivity index (χ0v) is 17.6. The number of sulfonamides is 1. The van der Waals surface area contributed by atoms with Gasteiger partial charge in [-0.25, -0.2) is 8.42 Å². The van der Waals surface area contributed by atoms with E-state index in [2.05, 4.69) is 0 Å². The van der Waals surface area contributed by atoms with Crippen LogP contribution in [0.4, 0.5) is 5.69 Å². The van der Waals surface area contributed by atoms with Gasteiger partial charge in [-0.05, 0) is 50.2 Å². The molecule has 2 aromatic rings. The Kier molecular flexibility index (Phi) is 5.98. The average molecular weight is 423 g/mol. The Morgan fingerprint density at radius 3 is 2.39 bits per heavy atom. The number of ether oxygens (including phenoxy) is 1. The van der Waals surface area contributed by atoms with E-state index in [4.69, 9.17) is 16.3 Å². The fraction of sp³-hybridized carbons (Fsp3) is 0.350. The summed E-state index contributed by atoms with van der Waals surface area (Å²) >= 11 is 5.98. The molecule has 8 heteroatoms. The quantitative estimate of drug-likeness (QED) is 0.757. The molecule has 2 atom stereocenters. The summed E-state index contributed by atoms with van der Waals surface area (Å²) in [6, 6.07) is 12.7. The Bertz CT molecular complexity index is 970. The number of nitrogens with zero attached hydrogens (tertiary/aromatic N) is 2. The van der Waals surface area contributed by atoms with Crippen molar-refractivity contribution in [1.82, 2.24) is 4.90 Å². The lowest BCUT2D eigenvalue weighted by Crippen LogP contribution is -2.48. The minimum absolute atomic E-state index is 0.0511. The molecule has 1 aliphatic rings. The molecule has 1 aliphatic heterocycles. The van der Waals surface area contributed by atoms with Gasteiger partial charge < -0.3 is 9.64 Å². The van der Waals surface area contributed by atoms with E-state index in [1.807, 2.05) is 13.8 Å². The normalized spacial score (nSPS) is 20.1. The van der Waals surface area contributed by atoms with Gasteiger partial charge in [-0.3, -0.25) is 9.10 Å². The number of carbonyl (C=O) groups excluding carboxylic acids is 1. The highest BCUT2D eigenvalue weighted by Gasteiger charge is 2.28. The van der Waals surface area contributed by atoms with Crippen LogP contribution in [-0.4, -0.2) is 51.6 Å². The van der Waals surface area contributed by atoms with Gasteiger partial charge in [-0.15, -0.1) is 0 Å². The second kappa shape index (κ2) is 8.11. The summed E-state index contributed by atoms with van der Waals surface area (Å²) in [5, 5.41) is 0.444. The van der Waals surface area contributed by atoms with Crippen molar-refractivity contribution in [3.05, 3.63) is 59.1 Å². The highest BCUT2D eigenvalue weighted by Crippen LogP contribution is 2.25. The molecule has 2 aromatic carbocycles. The molecule has 150 valence electrons. The van der Waals surface area contributed by atoms with Crippen molar-refractivity contribution in [2.75, 3.05) is 24.4 Å². The molecule has 1 fully saturated rings. The topological polar surface area (TPSA) is 66.9 Å². The average Bonchev–Trinajstić information content (AvgIpc) is 2.66. The summed E-state index contributed by atoms with van der Waals surface area (Å²) in [5.74, 6) is -0.204. The molecule has 0 saturated carbocycles. The molecule has 2 unspecified atom stereocenters. The molecule has 1 amide bonds. The van der Waals surface area contributed by atoms with Crippen molar-refractivity contribution in [2.45, 2.75) is 31.0 Å². The predicted octanol–water partition coefficient (Wildman–Crippen LogP) is 3.41. The summed E-state index contributed by atoms with van der Waals surface area (Å²) in [5.41, 5.74) is 0.780. The van der Waals surface area contributed by atoms with E-state index in [0.29, 0.717) is 29.4 Å². The monoisotopic (exact) mass is 422 g/mol. The molecule has 0 N–H and O–H groups in total. The Hall–Kier alpha value is -2.09. The Morgan fingerprint density at radius 2 is 1.75 bits per heavy atom. The van der Waals surface area contributed by atoms with Gasteiger partial charge in [0.1, 0.15) is 0 Å². The summed E-state index contributed by atoms with van der Waals surface area (Å²) < 4.78 is 32.9. The van der Waals surface area contributed by atoms with E-state index in [-0.39, 0.29) is 23.0 Å². The van der Waals surface area contributed by atoms with Crippen molar-refractivity contribution in [1.29, 1.82) is 0 Å². The van der Waals surface area contributed by atoms with E-state index >= 15 is 0 Å². The number of hydrogen-bond acceptors (Lipinski definition) is 4. The second-order valence-corrected chi connectivity index (χ2v) is 9.35. The lowest BCUT2D eigenvalue weighted by Gasteiger charge is -2.35. The van der Waals surface area contributed by atoms with Crippen molar-refractivity contribution >= 4 is 33.2 Å². The maximum atomic E-state index is 13.0. The zero-order valence-electron chi connectivity index (χ0n) is 16.0. The van der Waals surface area contributed by atoms with Gasteiger partial charge in [0.05, 0.1) is 22.8 Å². The van der Waals surface area contributed by atoms with Crippen LogP contribution in [-0.2, 0) is 14.8 Å². The molecule has 0 bridgehead atoms. The molecule has 1 saturated heterocycles. The molecule has 0 spiro atoms. The molecule has 1 heterocycles. The molecule has 0 radical (unpaired) electrons. The molecule has 28 heavy (non-hydrogen) atoms. The Labute approximate surface area is 170 Å². The summed E-state index contributed by atoms with van der Waals surface area (Å²) in [4.78, 5) is 14.6. The first kappa shape index (κ1) is 20.6. The predicted molar refractivity (Wildman–Crippen MR) is 109 cm³/mol. The fourth-order valence-electron chi connectivity index (χ4n) is 3.28. The number of benzene rings is 2. The lowest BCUT2D eigenvalue weighted by atomic mass is 10.1. The minimum Gasteiger partial charge on any atom is -0.372 e. The van der Waals surface area contributed by atoms with Crippen molar-refractivity contribution in [3.8, 4) is 0 Å². The van der Waals surface area contributed by atoms with Gasteiger partial charge in [-0.1, -0.05) is 23.7 Å². The number of halogens is 1. The SMILES string of the molecule is CC1CN(C(=O)c2cccc(S(=O)(=O)N(C)c3cccc(Cl)c3)c2)CC(C)O1. The van der Waals surface area contributed by atoms with E-state index < -0.39 is 10.0 Å². The third kappa shape index (κ3) is 4.32. The standard InChI is InChI=1S/C20H23ClN2O4S/c1-14-12-23(13-15(2)27-14)20(24)16-6-4-9-19(10-16)28(25,26)22(3)18-8-5-7-17(21)11-18/h4-11,14-15H,12-13H2,1-3H3. The maximum Gasteiger partial charge on any atom is 0.264 e. The van der Waals surface area contributed by atoms with Gasteiger partial charge in [0.2, 0.25) is 0 Å². The fourth-order valence-corrected chi connectivity index (χ4v) is 4.70. The Morgan fingerprint density at radius 1 is 1.11 bits per heavy atom. The number of anilines is 1. The summed E-state index contributed by atoms with van der Waals surface area (Å²) in [6.45, 7) is 4.78. The molecular weight excluding hydrogens is 400 g/mol. The maximum absolute atomic E-state index is 13.0. The minimum atomic E-state index is -3.84. The van der Waals surface area contributed by atoms with E-state index in [1.165, 1.54) is 19.2 Å². The summed E-state index contributed by atoms with van der Waals surface area (Å²) in [6.07, 6.45) is -0.123. The van der Waals surface area contributed by atoms with E-state index in [0.717, 1.165) is 4.31 Å². The van der Waals surface area contributed by atoms with Crippen LogP contribution in [0.2, 0.25) is 5.02 Å². The molecule has 6 nitrogen and oxygen atoms in total. The molecule has 3 rings (SSSR count). The van der Waals surface area contributed by atoms with Gasteiger partial charge in [0.15, 0.2) is 0 Å². The molecule has 0 aliphatic carbocycles. The Balaban J connectivity index is 1.89. The van der Waals surface area contributed by atoms with Crippen molar-refractivity contribution in [3.63, 3.8) is 0 Å². The second-order valence-electron chi connectivity index (χ2n) is 6.95. The third-order valence-corrected chi connectivity index (χ3v) is 6.63. The van der Waals surface area contributed by atoms with Crippen LogP contribution in [0, 0.1) is 0 Å². The van der Waals surface area contributed by atoms with E-state index in [1.54, 1.807) is 41.3 Å². The van der Waals surface area contributed by atoms with Gasteiger partial charge in [-0.2, -0.15) is 0 Å². The highest BCUT2D eigenvalue weighted by molar-refractivity contribution is 7.92. The first-order valence-electron chi connectivity index (χ1n) is 8.98. The zero-order chi connectivity index (χ0) is 20.5. The van der Waals surface area contributed by atoms with Gasteiger partial charge >= 0.3 is 0 Å². The van der Waals surface area contributed by atoms with Crippen molar-refractivity contribution < 1.29 is 17.9 Å². The molecular formula is C20H23ClN2O4S. The number of morpholine rings is 1. The largest absolute Gasteiger partial charge is 0.372 e. The number of carbonyl (C=O) groups is 1. The van der Waals surface area contributed by atoms with Gasteiger partial charge in [0.25, 0.3) is 15.9 Å². The lowest BCUT2D eigenvalue weighted by molar-refractivity contribution is -0.0586. The third-order valence-electron chi connectivity index (χ3n) is 4.62. The first-order valence-corrected chi connectivity index (χ1v) is 10.8. The molecule has 0 aromatic heterocycles. The smallest absolute Gasteiger partial charge is 0.264 e. The van der Waals surface area contributed by atoms with Crippen LogP contribution in [0.15, 0.2) is 53.4 Å². The van der Waals surface area contributed by atoms with Crippen LogP contribution < -0.4 is 4.31 Å². The van der Waals surface area contributed by atoms with E-state index in [9.17, 15) is 13.2 Å². The number of hydrogen-bond donors (Lipinski definition) is 0.